The Morgan fingerprint density at radius 3 is 2.53 bits per heavy atom. The molecule has 1 aromatic heterocycles. The highest BCUT2D eigenvalue weighted by molar-refractivity contribution is 5.93. The highest BCUT2D eigenvalue weighted by atomic mass is 19.3. The first kappa shape index (κ1) is 11.7. The molecular weight excluding hydrogens is 224 g/mol. The van der Waals surface area contributed by atoms with Crippen LogP contribution in [-0.4, -0.2) is 4.98 Å². The molecule has 17 heavy (non-hydrogen) atoms. The fourth-order valence-electron chi connectivity index (χ4n) is 1.93. The van der Waals surface area contributed by atoms with E-state index >= 15 is 0 Å². The molecule has 0 spiro atoms. The number of pyridine rings is 1. The number of nitrogens with one attached hydrogen (secondary N) is 1. The van der Waals surface area contributed by atoms with Crippen LogP contribution in [0.1, 0.15) is 23.2 Å². The van der Waals surface area contributed by atoms with Gasteiger partial charge in [-0.2, -0.15) is 0 Å². The molecule has 0 amide bonds. The summed E-state index contributed by atoms with van der Waals surface area (Å²) in [7, 11) is 0. The van der Waals surface area contributed by atoms with Gasteiger partial charge in [0.05, 0.1) is 11.2 Å². The first-order valence-electron chi connectivity index (χ1n) is 5.19. The van der Waals surface area contributed by atoms with Crippen LogP contribution < -0.4 is 11.3 Å². The topological polar surface area (TPSA) is 50.9 Å². The van der Waals surface area contributed by atoms with Gasteiger partial charge in [-0.3, -0.25) is 5.84 Å². The Labute approximate surface area is 97.6 Å². The molecule has 3 N–H and O–H groups in total. The van der Waals surface area contributed by atoms with Crippen LogP contribution >= 0.6 is 0 Å². The van der Waals surface area contributed by atoms with Crippen LogP contribution in [0.3, 0.4) is 0 Å². The summed E-state index contributed by atoms with van der Waals surface area (Å²) in [5.41, 5.74) is 5.11. The predicted molar refractivity (Wildman–Crippen MR) is 64.0 cm³/mol. The molecule has 2 aromatic rings. The molecule has 0 saturated heterocycles. The van der Waals surface area contributed by atoms with Crippen molar-refractivity contribution in [2.45, 2.75) is 20.3 Å². The summed E-state index contributed by atoms with van der Waals surface area (Å²) in [6.45, 7) is 3.78. The minimum atomic E-state index is -2.60. The third kappa shape index (κ3) is 2.06. The smallest absolute Gasteiger partial charge is 0.280 e. The average molecular weight is 237 g/mol. The van der Waals surface area contributed by atoms with E-state index in [4.69, 9.17) is 5.84 Å². The normalized spacial score (nSPS) is 11.2. The van der Waals surface area contributed by atoms with E-state index in [0.29, 0.717) is 11.2 Å². The summed E-state index contributed by atoms with van der Waals surface area (Å²) in [5, 5.41) is 0.759. The Bertz CT molecular complexity index is 567. The van der Waals surface area contributed by atoms with Crippen molar-refractivity contribution in [3.8, 4) is 0 Å². The molecule has 0 atom stereocenters. The predicted octanol–water partition coefficient (Wildman–Crippen LogP) is 3.07. The van der Waals surface area contributed by atoms with Crippen molar-refractivity contribution in [2.75, 3.05) is 5.43 Å². The molecule has 5 heteroatoms. The molecule has 3 nitrogen and oxygen atoms in total. The van der Waals surface area contributed by atoms with Crippen molar-refractivity contribution < 1.29 is 8.78 Å². The van der Waals surface area contributed by atoms with Crippen molar-refractivity contribution in [1.29, 1.82) is 0 Å². The lowest BCUT2D eigenvalue weighted by atomic mass is 10.0. The number of nitrogens with two attached hydrogens (primary N) is 1. The first-order valence-corrected chi connectivity index (χ1v) is 5.19. The van der Waals surface area contributed by atoms with E-state index in [1.807, 2.05) is 26.0 Å². The van der Waals surface area contributed by atoms with E-state index in [1.165, 1.54) is 6.07 Å². The Morgan fingerprint density at radius 2 is 1.94 bits per heavy atom. The highest BCUT2D eigenvalue weighted by Gasteiger charge is 2.14. The summed E-state index contributed by atoms with van der Waals surface area (Å²) in [4.78, 5) is 3.98. The number of aryl methyl sites for hydroxylation is 2. The van der Waals surface area contributed by atoms with Gasteiger partial charge in [-0.1, -0.05) is 11.6 Å². The Morgan fingerprint density at radius 1 is 1.24 bits per heavy atom. The third-order valence-corrected chi connectivity index (χ3v) is 2.65. The Kier molecular flexibility index (Phi) is 2.93. The summed E-state index contributed by atoms with van der Waals surface area (Å²) in [5.74, 6) is 5.36. The van der Waals surface area contributed by atoms with Crippen LogP contribution in [0.2, 0.25) is 0 Å². The number of nitrogen functional groups attached to an aromatic ring is 1. The Hall–Kier alpha value is -1.75. The second-order valence-corrected chi connectivity index (χ2v) is 4.02. The summed E-state index contributed by atoms with van der Waals surface area (Å²) < 4.78 is 25.4. The maximum absolute atomic E-state index is 12.7. The number of alkyl halides is 2. The maximum Gasteiger partial charge on any atom is 0.280 e. The SMILES string of the molecule is Cc1cc(C)c2nc(C(F)F)cc(NN)c2c1. The van der Waals surface area contributed by atoms with Crippen molar-refractivity contribution in [3.05, 3.63) is 35.0 Å². The number of anilines is 1. The summed E-state index contributed by atoms with van der Waals surface area (Å²) in [6.07, 6.45) is -2.60. The standard InChI is InChI=1S/C12H13F2N3/c1-6-3-7(2)11-8(4-6)9(17-15)5-10(16-11)12(13)14/h3-5,12H,15H2,1-2H3,(H,16,17). The lowest BCUT2D eigenvalue weighted by Gasteiger charge is -2.11. The molecule has 0 fully saturated rings. The van der Waals surface area contributed by atoms with E-state index in [1.54, 1.807) is 0 Å². The van der Waals surface area contributed by atoms with Crippen molar-refractivity contribution in [3.63, 3.8) is 0 Å². The lowest BCUT2D eigenvalue weighted by molar-refractivity contribution is 0.146. The zero-order valence-corrected chi connectivity index (χ0v) is 9.59. The van der Waals surface area contributed by atoms with Gasteiger partial charge in [0.1, 0.15) is 5.69 Å². The monoisotopic (exact) mass is 237 g/mol. The second kappa shape index (κ2) is 4.25. The Balaban J connectivity index is 2.82. The maximum atomic E-state index is 12.7. The number of rotatable bonds is 2. The van der Waals surface area contributed by atoms with Gasteiger partial charge in [0.2, 0.25) is 0 Å². The van der Waals surface area contributed by atoms with E-state index in [2.05, 4.69) is 10.4 Å². The highest BCUT2D eigenvalue weighted by Crippen LogP contribution is 2.29. The molecule has 0 radical (unpaired) electrons. The first-order chi connectivity index (χ1) is 8.02. The van der Waals surface area contributed by atoms with Gasteiger partial charge in [0.25, 0.3) is 6.43 Å². The van der Waals surface area contributed by atoms with Gasteiger partial charge in [0.15, 0.2) is 0 Å². The molecule has 0 saturated carbocycles. The van der Waals surface area contributed by atoms with E-state index in [9.17, 15) is 8.78 Å². The summed E-state index contributed by atoms with van der Waals surface area (Å²) >= 11 is 0. The van der Waals surface area contributed by atoms with Gasteiger partial charge in [-0.05, 0) is 31.5 Å². The summed E-state index contributed by atoms with van der Waals surface area (Å²) in [6, 6.07) is 5.07. The van der Waals surface area contributed by atoms with Gasteiger partial charge in [-0.15, -0.1) is 0 Å². The number of nitrogens with zero attached hydrogens (tertiary/aromatic N) is 1. The van der Waals surface area contributed by atoms with Crippen LogP contribution in [0.4, 0.5) is 14.5 Å². The van der Waals surface area contributed by atoms with Gasteiger partial charge in [0, 0.05) is 5.39 Å². The number of hydrazine groups is 1. The molecule has 2 rings (SSSR count). The minimum Gasteiger partial charge on any atom is -0.323 e. The van der Waals surface area contributed by atoms with E-state index in [0.717, 1.165) is 16.5 Å². The molecule has 1 heterocycles. The number of hydrogen-bond acceptors (Lipinski definition) is 3. The fraction of sp³-hybridized carbons (Fsp3) is 0.250. The van der Waals surface area contributed by atoms with Crippen molar-refractivity contribution >= 4 is 16.6 Å². The number of hydrogen-bond donors (Lipinski definition) is 2. The van der Waals surface area contributed by atoms with E-state index in [-0.39, 0.29) is 5.69 Å². The molecule has 0 unspecified atom stereocenters. The average Bonchev–Trinajstić information content (AvgIpc) is 2.27. The molecule has 1 aromatic carbocycles. The van der Waals surface area contributed by atoms with Crippen LogP contribution in [-0.2, 0) is 0 Å². The number of halogens is 2. The molecule has 0 aliphatic heterocycles. The molecule has 0 aliphatic rings. The van der Waals surface area contributed by atoms with E-state index < -0.39 is 6.43 Å². The van der Waals surface area contributed by atoms with Gasteiger partial charge >= 0.3 is 0 Å². The second-order valence-electron chi connectivity index (χ2n) is 4.02. The molecular formula is C12H13F2N3. The minimum absolute atomic E-state index is 0.266. The van der Waals surface area contributed by atoms with Crippen molar-refractivity contribution in [1.82, 2.24) is 4.98 Å². The molecule has 0 aliphatic carbocycles. The lowest BCUT2D eigenvalue weighted by Crippen LogP contribution is -2.09. The quantitative estimate of drug-likeness (QED) is 0.623. The molecule has 90 valence electrons. The third-order valence-electron chi connectivity index (χ3n) is 2.65. The number of aromatic nitrogens is 1. The molecule has 0 bridgehead atoms. The van der Waals surface area contributed by atoms with Crippen molar-refractivity contribution in [2.24, 2.45) is 5.84 Å². The van der Waals surface area contributed by atoms with Crippen LogP contribution in [0, 0.1) is 13.8 Å². The zero-order valence-electron chi connectivity index (χ0n) is 9.59. The van der Waals surface area contributed by atoms with Crippen LogP contribution in [0.15, 0.2) is 18.2 Å². The number of fused-ring (bicyclic) bond motifs is 1. The number of benzene rings is 1. The van der Waals surface area contributed by atoms with Crippen LogP contribution in [0.25, 0.3) is 10.9 Å². The van der Waals surface area contributed by atoms with Crippen LogP contribution in [0.5, 0.6) is 0 Å². The van der Waals surface area contributed by atoms with Gasteiger partial charge in [-0.25, -0.2) is 13.8 Å². The zero-order chi connectivity index (χ0) is 12.6. The fourth-order valence-corrected chi connectivity index (χ4v) is 1.93. The largest absolute Gasteiger partial charge is 0.323 e. The van der Waals surface area contributed by atoms with Gasteiger partial charge < -0.3 is 5.43 Å².